The van der Waals surface area contributed by atoms with Crippen LogP contribution in [0.1, 0.15) is 38.6 Å². The van der Waals surface area contributed by atoms with Crippen molar-refractivity contribution in [3.63, 3.8) is 0 Å². The third kappa shape index (κ3) is 3.32. The first-order chi connectivity index (χ1) is 10.2. The van der Waals surface area contributed by atoms with Gasteiger partial charge in [0.05, 0.1) is 6.20 Å². The van der Waals surface area contributed by atoms with Gasteiger partial charge in [0.15, 0.2) is 5.01 Å². The second-order valence-electron chi connectivity index (χ2n) is 5.15. The second-order valence-corrected chi connectivity index (χ2v) is 6.18. The Morgan fingerprint density at radius 2 is 2.10 bits per heavy atom. The maximum atomic E-state index is 12.2. The molecule has 0 spiro atoms. The van der Waals surface area contributed by atoms with E-state index < -0.39 is 0 Å². The van der Waals surface area contributed by atoms with Crippen molar-refractivity contribution in [2.45, 2.75) is 19.8 Å². The monoisotopic (exact) mass is 296 g/mol. The van der Waals surface area contributed by atoms with Crippen molar-refractivity contribution in [3.05, 3.63) is 51.5 Å². The summed E-state index contributed by atoms with van der Waals surface area (Å²) >= 11 is 1.38. The fraction of sp³-hybridized carbons (Fsp3) is 0.294. The Morgan fingerprint density at radius 3 is 2.86 bits per heavy atom. The minimum absolute atomic E-state index is 0.0913. The number of likely N-dealkylation sites (tertiary alicyclic amines) is 1. The highest BCUT2D eigenvalue weighted by Crippen LogP contribution is 2.18. The molecule has 106 valence electrons. The summed E-state index contributed by atoms with van der Waals surface area (Å²) in [6.07, 6.45) is 3.85. The molecule has 1 fully saturated rings. The summed E-state index contributed by atoms with van der Waals surface area (Å²) in [5.41, 5.74) is 2.16. The van der Waals surface area contributed by atoms with E-state index in [1.807, 2.05) is 36.1 Å². The first kappa shape index (κ1) is 13.8. The van der Waals surface area contributed by atoms with Crippen LogP contribution >= 0.6 is 11.3 Å². The van der Waals surface area contributed by atoms with Crippen molar-refractivity contribution >= 4 is 17.2 Å². The van der Waals surface area contributed by atoms with Crippen molar-refractivity contribution in [1.29, 1.82) is 0 Å². The standard InChI is InChI=1S/C17H16N2OS/c1-13-5-4-6-14(11-13)7-8-16-18-12-15(21-16)17(20)19-9-2-3-10-19/h4-6,11-12H,2-3,9-10H2,1H3. The molecule has 0 unspecified atom stereocenters. The van der Waals surface area contributed by atoms with E-state index >= 15 is 0 Å². The van der Waals surface area contributed by atoms with Crippen LogP contribution < -0.4 is 0 Å². The van der Waals surface area contributed by atoms with Crippen molar-refractivity contribution in [3.8, 4) is 11.8 Å². The molecule has 1 aromatic carbocycles. The molecule has 1 aromatic heterocycles. The zero-order valence-corrected chi connectivity index (χ0v) is 12.7. The fourth-order valence-corrected chi connectivity index (χ4v) is 3.09. The fourth-order valence-electron chi connectivity index (χ4n) is 2.36. The third-order valence-electron chi connectivity index (χ3n) is 3.44. The summed E-state index contributed by atoms with van der Waals surface area (Å²) in [7, 11) is 0. The van der Waals surface area contributed by atoms with Crippen LogP contribution in [0.25, 0.3) is 0 Å². The molecule has 0 aliphatic carbocycles. The van der Waals surface area contributed by atoms with E-state index in [1.54, 1.807) is 6.20 Å². The average Bonchev–Trinajstić information content (AvgIpc) is 3.16. The zero-order chi connectivity index (χ0) is 14.7. The lowest BCUT2D eigenvalue weighted by atomic mass is 10.1. The summed E-state index contributed by atoms with van der Waals surface area (Å²) in [6, 6.07) is 8.05. The van der Waals surface area contributed by atoms with Crippen LogP contribution in [0.4, 0.5) is 0 Å². The number of aryl methyl sites for hydroxylation is 1. The molecule has 0 saturated carbocycles. The highest BCUT2D eigenvalue weighted by Gasteiger charge is 2.21. The van der Waals surface area contributed by atoms with Gasteiger partial charge in [-0.3, -0.25) is 4.79 Å². The van der Waals surface area contributed by atoms with Gasteiger partial charge in [0.25, 0.3) is 5.91 Å². The molecule has 1 amide bonds. The Balaban J connectivity index is 1.75. The zero-order valence-electron chi connectivity index (χ0n) is 11.9. The number of carbonyl (C=O) groups is 1. The summed E-state index contributed by atoms with van der Waals surface area (Å²) in [6.45, 7) is 3.77. The van der Waals surface area contributed by atoms with Crippen molar-refractivity contribution in [2.24, 2.45) is 0 Å². The highest BCUT2D eigenvalue weighted by atomic mass is 32.1. The van der Waals surface area contributed by atoms with E-state index in [9.17, 15) is 4.79 Å². The number of aromatic nitrogens is 1. The third-order valence-corrected chi connectivity index (χ3v) is 4.34. The van der Waals surface area contributed by atoms with Gasteiger partial charge in [0.1, 0.15) is 4.88 Å². The van der Waals surface area contributed by atoms with Gasteiger partial charge in [-0.2, -0.15) is 0 Å². The smallest absolute Gasteiger partial charge is 0.265 e. The summed E-state index contributed by atoms with van der Waals surface area (Å²) in [5, 5.41) is 0.694. The second kappa shape index (κ2) is 6.11. The lowest BCUT2D eigenvalue weighted by Gasteiger charge is -2.12. The van der Waals surface area contributed by atoms with Gasteiger partial charge < -0.3 is 4.90 Å². The number of rotatable bonds is 1. The molecule has 0 bridgehead atoms. The van der Waals surface area contributed by atoms with E-state index in [4.69, 9.17) is 0 Å². The molecule has 4 heteroatoms. The maximum Gasteiger partial charge on any atom is 0.265 e. The largest absolute Gasteiger partial charge is 0.338 e. The van der Waals surface area contributed by atoms with Crippen molar-refractivity contribution in [2.75, 3.05) is 13.1 Å². The molecule has 1 aliphatic heterocycles. The van der Waals surface area contributed by atoms with Crippen LogP contribution in [0.2, 0.25) is 0 Å². The van der Waals surface area contributed by atoms with Gasteiger partial charge >= 0.3 is 0 Å². The van der Waals surface area contributed by atoms with Gasteiger partial charge in [-0.15, -0.1) is 11.3 Å². The maximum absolute atomic E-state index is 12.2. The number of hydrogen-bond acceptors (Lipinski definition) is 3. The van der Waals surface area contributed by atoms with Crippen molar-refractivity contribution < 1.29 is 4.79 Å². The van der Waals surface area contributed by atoms with E-state index in [0.29, 0.717) is 9.88 Å². The molecule has 2 aromatic rings. The minimum atomic E-state index is 0.0913. The summed E-state index contributed by atoms with van der Waals surface area (Å²) < 4.78 is 0. The van der Waals surface area contributed by atoms with Gasteiger partial charge in [-0.25, -0.2) is 4.98 Å². The number of carbonyl (C=O) groups excluding carboxylic acids is 1. The van der Waals surface area contributed by atoms with E-state index in [1.165, 1.54) is 16.9 Å². The lowest BCUT2D eigenvalue weighted by molar-refractivity contribution is 0.0797. The molecule has 3 nitrogen and oxygen atoms in total. The molecule has 3 rings (SSSR count). The Morgan fingerprint density at radius 1 is 1.29 bits per heavy atom. The minimum Gasteiger partial charge on any atom is -0.338 e. The van der Waals surface area contributed by atoms with Gasteiger partial charge in [-0.1, -0.05) is 18.1 Å². The molecule has 0 radical (unpaired) electrons. The van der Waals surface area contributed by atoms with Crippen LogP contribution in [0.5, 0.6) is 0 Å². The van der Waals surface area contributed by atoms with Crippen molar-refractivity contribution in [1.82, 2.24) is 9.88 Å². The normalized spacial score (nSPS) is 13.9. The predicted octanol–water partition coefficient (Wildman–Crippen LogP) is 3.09. The predicted molar refractivity (Wildman–Crippen MR) is 84.4 cm³/mol. The molecule has 1 saturated heterocycles. The van der Waals surface area contributed by atoms with Crippen LogP contribution in [0.15, 0.2) is 30.5 Å². The topological polar surface area (TPSA) is 33.2 Å². The van der Waals surface area contributed by atoms with E-state index in [0.717, 1.165) is 31.5 Å². The first-order valence-corrected chi connectivity index (χ1v) is 7.88. The molecular formula is C17H16N2OS. The number of amides is 1. The van der Waals surface area contributed by atoms with Crippen LogP contribution in [-0.2, 0) is 0 Å². The number of benzene rings is 1. The van der Waals surface area contributed by atoms with Gasteiger partial charge in [0.2, 0.25) is 0 Å². The quantitative estimate of drug-likeness (QED) is 0.758. The Labute approximate surface area is 128 Å². The molecular weight excluding hydrogens is 280 g/mol. The highest BCUT2D eigenvalue weighted by molar-refractivity contribution is 7.14. The molecule has 21 heavy (non-hydrogen) atoms. The summed E-state index contributed by atoms with van der Waals surface area (Å²) in [5.74, 6) is 6.23. The number of thiazole rings is 1. The first-order valence-electron chi connectivity index (χ1n) is 7.06. The molecule has 0 N–H and O–H groups in total. The van der Waals surface area contributed by atoms with Gasteiger partial charge in [-0.05, 0) is 43.4 Å². The van der Waals surface area contributed by atoms with E-state index in [-0.39, 0.29) is 5.91 Å². The van der Waals surface area contributed by atoms with Crippen LogP contribution in [0.3, 0.4) is 0 Å². The average molecular weight is 296 g/mol. The molecule has 1 aliphatic rings. The van der Waals surface area contributed by atoms with E-state index in [2.05, 4.69) is 16.8 Å². The molecule has 2 heterocycles. The Kier molecular flexibility index (Phi) is 4.03. The lowest BCUT2D eigenvalue weighted by Crippen LogP contribution is -2.26. The summed E-state index contributed by atoms with van der Waals surface area (Å²) in [4.78, 5) is 19.1. The number of hydrogen-bond donors (Lipinski definition) is 0. The Bertz CT molecular complexity index is 718. The van der Waals surface area contributed by atoms with Crippen LogP contribution in [-0.4, -0.2) is 28.9 Å². The van der Waals surface area contributed by atoms with Crippen LogP contribution in [0, 0.1) is 18.8 Å². The molecule has 0 atom stereocenters. The number of nitrogens with zero attached hydrogens (tertiary/aromatic N) is 2. The van der Waals surface area contributed by atoms with Gasteiger partial charge in [0, 0.05) is 18.7 Å². The SMILES string of the molecule is Cc1cccc(C#Cc2ncc(C(=O)N3CCCC3)s2)c1. The Hall–Kier alpha value is -2.12.